The Bertz CT molecular complexity index is 374. The van der Waals surface area contributed by atoms with Gasteiger partial charge in [0.1, 0.15) is 0 Å². The van der Waals surface area contributed by atoms with E-state index in [0.29, 0.717) is 0 Å². The molecule has 0 aromatic heterocycles. The third-order valence-corrected chi connectivity index (χ3v) is 2.46. The predicted octanol–water partition coefficient (Wildman–Crippen LogP) is 3.07. The van der Waals surface area contributed by atoms with Crippen LogP contribution in [-0.2, 0) is 0 Å². The fraction of sp³-hybridized carbons (Fsp3) is 0.357. The van der Waals surface area contributed by atoms with Crippen molar-refractivity contribution in [1.29, 1.82) is 0 Å². The average molecular weight is 218 g/mol. The zero-order chi connectivity index (χ0) is 12.0. The molecule has 0 fully saturated rings. The SMILES string of the molecule is CC(=O)c1ccc(/C=C(/C)CCCO)cc1. The van der Waals surface area contributed by atoms with Crippen molar-refractivity contribution in [3.8, 4) is 0 Å². The molecule has 0 atom stereocenters. The topological polar surface area (TPSA) is 37.3 Å². The molecule has 0 saturated heterocycles. The van der Waals surface area contributed by atoms with Crippen LogP contribution in [0.5, 0.6) is 0 Å². The Kier molecular flexibility index (Phi) is 4.93. The van der Waals surface area contributed by atoms with Crippen LogP contribution in [0.1, 0.15) is 42.6 Å². The first-order valence-corrected chi connectivity index (χ1v) is 5.52. The number of Topliss-reactive ketones (excluding diaryl/α,β-unsaturated/α-hetero) is 1. The molecule has 0 amide bonds. The quantitative estimate of drug-likeness (QED) is 0.771. The van der Waals surface area contributed by atoms with Gasteiger partial charge in [-0.3, -0.25) is 4.79 Å². The van der Waals surface area contributed by atoms with Crippen molar-refractivity contribution in [3.05, 3.63) is 41.0 Å². The van der Waals surface area contributed by atoms with Gasteiger partial charge >= 0.3 is 0 Å². The number of carbonyl (C=O) groups is 1. The van der Waals surface area contributed by atoms with Gasteiger partial charge in [0.25, 0.3) is 0 Å². The summed E-state index contributed by atoms with van der Waals surface area (Å²) in [6, 6.07) is 7.57. The number of hydrogen-bond donors (Lipinski definition) is 1. The monoisotopic (exact) mass is 218 g/mol. The molecule has 0 unspecified atom stereocenters. The Morgan fingerprint density at radius 3 is 2.38 bits per heavy atom. The summed E-state index contributed by atoms with van der Waals surface area (Å²) >= 11 is 0. The summed E-state index contributed by atoms with van der Waals surface area (Å²) < 4.78 is 0. The van der Waals surface area contributed by atoms with Crippen LogP contribution in [0, 0.1) is 0 Å². The van der Waals surface area contributed by atoms with Crippen molar-refractivity contribution in [1.82, 2.24) is 0 Å². The highest BCUT2D eigenvalue weighted by Crippen LogP contribution is 2.12. The molecule has 0 radical (unpaired) electrons. The van der Waals surface area contributed by atoms with Crippen molar-refractivity contribution < 1.29 is 9.90 Å². The number of hydrogen-bond acceptors (Lipinski definition) is 2. The predicted molar refractivity (Wildman–Crippen MR) is 66.4 cm³/mol. The Labute approximate surface area is 96.6 Å². The van der Waals surface area contributed by atoms with E-state index in [0.717, 1.165) is 24.0 Å². The number of aliphatic hydroxyl groups excluding tert-OH is 1. The van der Waals surface area contributed by atoms with Crippen LogP contribution in [-0.4, -0.2) is 17.5 Å². The van der Waals surface area contributed by atoms with Gasteiger partial charge in [0.05, 0.1) is 0 Å². The summed E-state index contributed by atoms with van der Waals surface area (Å²) in [7, 11) is 0. The minimum Gasteiger partial charge on any atom is -0.396 e. The molecular weight excluding hydrogens is 200 g/mol. The lowest BCUT2D eigenvalue weighted by molar-refractivity contribution is 0.101. The first-order valence-electron chi connectivity index (χ1n) is 5.52. The molecular formula is C14H18O2. The van der Waals surface area contributed by atoms with Gasteiger partial charge < -0.3 is 5.11 Å². The molecule has 0 heterocycles. The third kappa shape index (κ3) is 3.99. The Hall–Kier alpha value is -1.41. The van der Waals surface area contributed by atoms with Gasteiger partial charge in [-0.05, 0) is 32.3 Å². The standard InChI is InChI=1S/C14H18O2/c1-11(4-3-9-15)10-13-5-7-14(8-6-13)12(2)16/h5-8,10,15H,3-4,9H2,1-2H3/b11-10-. The van der Waals surface area contributed by atoms with Crippen LogP contribution in [0.25, 0.3) is 6.08 Å². The van der Waals surface area contributed by atoms with E-state index in [-0.39, 0.29) is 12.4 Å². The number of allylic oxidation sites excluding steroid dienone is 1. The molecule has 1 rings (SSSR count). The molecule has 0 spiro atoms. The Morgan fingerprint density at radius 1 is 1.25 bits per heavy atom. The van der Waals surface area contributed by atoms with Gasteiger partial charge in [0.2, 0.25) is 0 Å². The van der Waals surface area contributed by atoms with E-state index >= 15 is 0 Å². The van der Waals surface area contributed by atoms with Crippen LogP contribution in [0.3, 0.4) is 0 Å². The summed E-state index contributed by atoms with van der Waals surface area (Å²) in [6.07, 6.45) is 3.79. The molecule has 16 heavy (non-hydrogen) atoms. The van der Waals surface area contributed by atoms with Gasteiger partial charge in [-0.15, -0.1) is 0 Å². The fourth-order valence-corrected chi connectivity index (χ4v) is 1.53. The van der Waals surface area contributed by atoms with Crippen molar-refractivity contribution >= 4 is 11.9 Å². The van der Waals surface area contributed by atoms with E-state index in [1.807, 2.05) is 24.3 Å². The maximum absolute atomic E-state index is 11.1. The molecule has 0 aliphatic carbocycles. The van der Waals surface area contributed by atoms with E-state index in [1.165, 1.54) is 5.57 Å². The third-order valence-electron chi connectivity index (χ3n) is 2.46. The fourth-order valence-electron chi connectivity index (χ4n) is 1.53. The van der Waals surface area contributed by atoms with Crippen LogP contribution < -0.4 is 0 Å². The van der Waals surface area contributed by atoms with E-state index < -0.39 is 0 Å². The first-order chi connectivity index (χ1) is 7.63. The van der Waals surface area contributed by atoms with Crippen LogP contribution in [0.4, 0.5) is 0 Å². The van der Waals surface area contributed by atoms with Crippen molar-refractivity contribution in [2.24, 2.45) is 0 Å². The zero-order valence-electron chi connectivity index (χ0n) is 9.86. The molecule has 1 aromatic carbocycles. The van der Waals surface area contributed by atoms with Gasteiger partial charge in [0.15, 0.2) is 5.78 Å². The lowest BCUT2D eigenvalue weighted by Crippen LogP contribution is -1.90. The van der Waals surface area contributed by atoms with E-state index in [4.69, 9.17) is 5.11 Å². The molecule has 1 aromatic rings. The summed E-state index contributed by atoms with van der Waals surface area (Å²) in [6.45, 7) is 3.85. The first kappa shape index (κ1) is 12.7. The normalized spacial score (nSPS) is 11.6. The van der Waals surface area contributed by atoms with E-state index in [9.17, 15) is 4.79 Å². The summed E-state index contributed by atoms with van der Waals surface area (Å²) in [4.78, 5) is 11.1. The molecule has 0 bridgehead atoms. The lowest BCUT2D eigenvalue weighted by Gasteiger charge is -2.01. The largest absolute Gasteiger partial charge is 0.396 e. The van der Waals surface area contributed by atoms with Gasteiger partial charge in [-0.1, -0.05) is 35.9 Å². The number of rotatable bonds is 5. The highest BCUT2D eigenvalue weighted by Gasteiger charge is 1.97. The van der Waals surface area contributed by atoms with Crippen LogP contribution in [0.2, 0.25) is 0 Å². The van der Waals surface area contributed by atoms with E-state index in [1.54, 1.807) is 6.92 Å². The Morgan fingerprint density at radius 2 is 1.88 bits per heavy atom. The molecule has 2 heteroatoms. The molecule has 0 aliphatic heterocycles. The van der Waals surface area contributed by atoms with Gasteiger partial charge in [0, 0.05) is 12.2 Å². The van der Waals surface area contributed by atoms with Crippen molar-refractivity contribution in [2.75, 3.05) is 6.61 Å². The zero-order valence-corrected chi connectivity index (χ0v) is 9.86. The second-order valence-electron chi connectivity index (χ2n) is 4.00. The summed E-state index contributed by atoms with van der Waals surface area (Å²) in [5.41, 5.74) is 3.08. The minimum atomic E-state index is 0.0903. The molecule has 0 saturated carbocycles. The summed E-state index contributed by atoms with van der Waals surface area (Å²) in [5, 5.41) is 8.71. The summed E-state index contributed by atoms with van der Waals surface area (Å²) in [5.74, 6) is 0.0903. The number of aliphatic hydroxyl groups is 1. The van der Waals surface area contributed by atoms with Crippen molar-refractivity contribution in [3.63, 3.8) is 0 Å². The lowest BCUT2D eigenvalue weighted by atomic mass is 10.1. The molecule has 2 nitrogen and oxygen atoms in total. The molecule has 1 N–H and O–H groups in total. The minimum absolute atomic E-state index is 0.0903. The van der Waals surface area contributed by atoms with Gasteiger partial charge in [-0.25, -0.2) is 0 Å². The highest BCUT2D eigenvalue weighted by atomic mass is 16.2. The Balaban J connectivity index is 2.71. The number of benzene rings is 1. The molecule has 0 aliphatic rings. The number of ketones is 1. The van der Waals surface area contributed by atoms with Crippen LogP contribution in [0.15, 0.2) is 29.8 Å². The van der Waals surface area contributed by atoms with Crippen LogP contribution >= 0.6 is 0 Å². The van der Waals surface area contributed by atoms with Crippen molar-refractivity contribution in [2.45, 2.75) is 26.7 Å². The average Bonchev–Trinajstić information content (AvgIpc) is 2.27. The highest BCUT2D eigenvalue weighted by molar-refractivity contribution is 5.94. The second kappa shape index (κ2) is 6.23. The number of carbonyl (C=O) groups excluding carboxylic acids is 1. The second-order valence-corrected chi connectivity index (χ2v) is 4.00. The van der Waals surface area contributed by atoms with E-state index in [2.05, 4.69) is 13.0 Å². The maximum Gasteiger partial charge on any atom is 0.159 e. The smallest absolute Gasteiger partial charge is 0.159 e. The van der Waals surface area contributed by atoms with Gasteiger partial charge in [-0.2, -0.15) is 0 Å². The maximum atomic E-state index is 11.1. The molecule has 86 valence electrons.